The lowest BCUT2D eigenvalue weighted by Gasteiger charge is -2.27. The molecule has 0 spiro atoms. The number of hydrogen-bond donors (Lipinski definition) is 0. The number of benzene rings is 2. The minimum Gasteiger partial charge on any atom is -0.490 e. The van der Waals surface area contributed by atoms with E-state index in [4.69, 9.17) is 9.47 Å². The third kappa shape index (κ3) is 4.49. The van der Waals surface area contributed by atoms with Gasteiger partial charge in [-0.25, -0.2) is 0 Å². The van der Waals surface area contributed by atoms with Crippen molar-refractivity contribution >= 4 is 13.2 Å². The monoisotopic (exact) mass is 384 g/mol. The molecule has 0 amide bonds. The van der Waals surface area contributed by atoms with E-state index < -0.39 is 0 Å². The summed E-state index contributed by atoms with van der Waals surface area (Å²) in [5, 5.41) is 1.50. The molecule has 0 radical (unpaired) electrons. The van der Waals surface area contributed by atoms with Crippen LogP contribution in [0.1, 0.15) is 54.4 Å². The average molecular weight is 385 g/mol. The Bertz CT molecular complexity index is 730. The Hall–Kier alpha value is -1.53. The van der Waals surface area contributed by atoms with Gasteiger partial charge in [0.1, 0.15) is 11.5 Å². The molecule has 0 saturated carbocycles. The Morgan fingerprint density at radius 3 is 1.81 bits per heavy atom. The molecule has 27 heavy (non-hydrogen) atoms. The SMILES string of the molecule is CC(C)Oc1cccc(OC(C)C)c1-c1ccccc1P1C(C)CCC1C. The zero-order valence-corrected chi connectivity index (χ0v) is 18.4. The van der Waals surface area contributed by atoms with Crippen molar-refractivity contribution in [2.45, 2.75) is 77.9 Å². The van der Waals surface area contributed by atoms with Crippen LogP contribution in [0.25, 0.3) is 11.1 Å². The van der Waals surface area contributed by atoms with Crippen molar-refractivity contribution in [2.75, 3.05) is 0 Å². The first-order valence-electron chi connectivity index (χ1n) is 10.2. The van der Waals surface area contributed by atoms with Crippen LogP contribution in [-0.4, -0.2) is 23.5 Å². The van der Waals surface area contributed by atoms with E-state index in [1.807, 2.05) is 6.07 Å². The van der Waals surface area contributed by atoms with E-state index in [9.17, 15) is 0 Å². The molecule has 2 unspecified atom stereocenters. The fourth-order valence-corrected chi connectivity index (χ4v) is 7.46. The van der Waals surface area contributed by atoms with Gasteiger partial charge in [-0.3, -0.25) is 0 Å². The van der Waals surface area contributed by atoms with Gasteiger partial charge in [-0.2, -0.15) is 0 Å². The highest BCUT2D eigenvalue weighted by Gasteiger charge is 2.33. The third-order valence-electron chi connectivity index (χ3n) is 5.12. The van der Waals surface area contributed by atoms with Crippen LogP contribution >= 0.6 is 7.92 Å². The molecule has 2 atom stereocenters. The highest BCUT2D eigenvalue weighted by Crippen LogP contribution is 2.56. The summed E-state index contributed by atoms with van der Waals surface area (Å²) in [5.41, 5.74) is 3.94. The van der Waals surface area contributed by atoms with E-state index in [1.54, 1.807) is 0 Å². The maximum absolute atomic E-state index is 6.22. The fourth-order valence-electron chi connectivity index (χ4n) is 4.06. The molecule has 2 aromatic carbocycles. The molecule has 0 aromatic heterocycles. The maximum atomic E-state index is 6.22. The third-order valence-corrected chi connectivity index (χ3v) is 8.48. The molecule has 3 rings (SSSR count). The van der Waals surface area contributed by atoms with Crippen LogP contribution in [0.3, 0.4) is 0 Å². The van der Waals surface area contributed by atoms with Crippen LogP contribution in [0.4, 0.5) is 0 Å². The summed E-state index contributed by atoms with van der Waals surface area (Å²) in [6, 6.07) is 15.1. The summed E-state index contributed by atoms with van der Waals surface area (Å²) >= 11 is 0. The lowest BCUT2D eigenvalue weighted by atomic mass is 10.0. The first kappa shape index (κ1) is 20.2. The molecule has 1 saturated heterocycles. The van der Waals surface area contributed by atoms with E-state index in [0.29, 0.717) is 0 Å². The highest BCUT2D eigenvalue weighted by molar-refractivity contribution is 7.67. The lowest BCUT2D eigenvalue weighted by molar-refractivity contribution is 0.231. The molecule has 0 aliphatic carbocycles. The van der Waals surface area contributed by atoms with Crippen molar-refractivity contribution in [2.24, 2.45) is 0 Å². The number of hydrogen-bond acceptors (Lipinski definition) is 2. The van der Waals surface area contributed by atoms with Crippen molar-refractivity contribution in [3.05, 3.63) is 42.5 Å². The molecule has 0 N–H and O–H groups in total. The molecular weight excluding hydrogens is 351 g/mol. The van der Waals surface area contributed by atoms with Crippen LogP contribution in [0, 0.1) is 0 Å². The summed E-state index contributed by atoms with van der Waals surface area (Å²) in [4.78, 5) is 0. The van der Waals surface area contributed by atoms with Crippen molar-refractivity contribution < 1.29 is 9.47 Å². The average Bonchev–Trinajstić information content (AvgIpc) is 2.93. The molecular formula is C24H33O2P. The molecule has 1 fully saturated rings. The molecule has 3 heteroatoms. The van der Waals surface area contributed by atoms with E-state index >= 15 is 0 Å². The van der Waals surface area contributed by atoms with Gasteiger partial charge in [0.2, 0.25) is 0 Å². The largest absolute Gasteiger partial charge is 0.490 e. The quantitative estimate of drug-likeness (QED) is 0.522. The summed E-state index contributed by atoms with van der Waals surface area (Å²) in [7, 11) is -0.184. The van der Waals surface area contributed by atoms with Crippen molar-refractivity contribution in [3.63, 3.8) is 0 Å². The first-order valence-corrected chi connectivity index (χ1v) is 11.7. The van der Waals surface area contributed by atoms with Crippen LogP contribution in [0.15, 0.2) is 42.5 Å². The van der Waals surface area contributed by atoms with Crippen LogP contribution in [0.5, 0.6) is 11.5 Å². The molecule has 1 aliphatic rings. The zero-order valence-electron chi connectivity index (χ0n) is 17.5. The Morgan fingerprint density at radius 2 is 1.30 bits per heavy atom. The maximum Gasteiger partial charge on any atom is 0.131 e. The van der Waals surface area contributed by atoms with Gasteiger partial charge >= 0.3 is 0 Å². The lowest BCUT2D eigenvalue weighted by Crippen LogP contribution is -2.16. The van der Waals surface area contributed by atoms with E-state index in [2.05, 4.69) is 77.9 Å². The predicted molar refractivity (Wildman–Crippen MR) is 118 cm³/mol. The molecule has 146 valence electrons. The van der Waals surface area contributed by atoms with Crippen molar-refractivity contribution in [1.82, 2.24) is 0 Å². The summed E-state index contributed by atoms with van der Waals surface area (Å²) < 4.78 is 12.4. The van der Waals surface area contributed by atoms with Gasteiger partial charge in [0.15, 0.2) is 0 Å². The standard InChI is InChI=1S/C24H33O2P/c1-16(2)25-21-11-9-12-22(26-17(3)4)24(21)20-10-7-8-13-23(20)27-18(5)14-15-19(27)6/h7-13,16-19H,14-15H2,1-6H3. The highest BCUT2D eigenvalue weighted by atomic mass is 31.1. The molecule has 1 heterocycles. The topological polar surface area (TPSA) is 18.5 Å². The minimum atomic E-state index is -0.184. The second-order valence-corrected chi connectivity index (χ2v) is 11.2. The van der Waals surface area contributed by atoms with Gasteiger partial charge < -0.3 is 9.47 Å². The van der Waals surface area contributed by atoms with E-state index in [1.165, 1.54) is 23.7 Å². The Labute approximate surface area is 166 Å². The molecule has 2 aromatic rings. The van der Waals surface area contributed by atoms with Gasteiger partial charge in [0, 0.05) is 0 Å². The Kier molecular flexibility index (Phi) is 6.48. The second-order valence-electron chi connectivity index (χ2n) is 8.16. The van der Waals surface area contributed by atoms with Crippen molar-refractivity contribution in [3.8, 4) is 22.6 Å². The van der Waals surface area contributed by atoms with Gasteiger partial charge in [0.05, 0.1) is 17.8 Å². The smallest absolute Gasteiger partial charge is 0.131 e. The van der Waals surface area contributed by atoms with Crippen LogP contribution < -0.4 is 14.8 Å². The first-order chi connectivity index (χ1) is 12.9. The second kappa shape index (κ2) is 8.65. The Balaban J connectivity index is 2.18. The molecule has 1 aliphatic heterocycles. The van der Waals surface area contributed by atoms with Gasteiger partial charge in [0.25, 0.3) is 0 Å². The van der Waals surface area contributed by atoms with Gasteiger partial charge in [-0.1, -0.05) is 52.1 Å². The summed E-state index contributed by atoms with van der Waals surface area (Å²) in [6.07, 6.45) is 2.92. The zero-order chi connectivity index (χ0) is 19.6. The minimum absolute atomic E-state index is 0.125. The number of rotatable bonds is 6. The summed E-state index contributed by atoms with van der Waals surface area (Å²) in [6.45, 7) is 13.2. The van der Waals surface area contributed by atoms with Crippen LogP contribution in [0.2, 0.25) is 0 Å². The predicted octanol–water partition coefficient (Wildman–Crippen LogP) is 6.61. The Morgan fingerprint density at radius 1 is 0.778 bits per heavy atom. The van der Waals surface area contributed by atoms with Crippen LogP contribution in [-0.2, 0) is 0 Å². The number of ether oxygens (including phenoxy) is 2. The normalized spacial score (nSPS) is 22.4. The summed E-state index contributed by atoms with van der Waals surface area (Å²) in [5.74, 6) is 1.84. The van der Waals surface area contributed by atoms with Gasteiger partial charge in [-0.05, 0) is 74.9 Å². The molecule has 2 nitrogen and oxygen atoms in total. The molecule has 0 bridgehead atoms. The van der Waals surface area contributed by atoms with Gasteiger partial charge in [-0.15, -0.1) is 0 Å². The van der Waals surface area contributed by atoms with Crippen molar-refractivity contribution in [1.29, 1.82) is 0 Å². The van der Waals surface area contributed by atoms with E-state index in [0.717, 1.165) is 28.4 Å². The van der Waals surface area contributed by atoms with E-state index in [-0.39, 0.29) is 20.1 Å². The fraction of sp³-hybridized carbons (Fsp3) is 0.500.